The van der Waals surface area contributed by atoms with Crippen LogP contribution < -0.4 is 4.90 Å². The van der Waals surface area contributed by atoms with Crippen LogP contribution in [0.15, 0.2) is 18.2 Å². The molecule has 0 bridgehead atoms. The fourth-order valence-corrected chi connectivity index (χ4v) is 2.56. The third-order valence-electron chi connectivity index (χ3n) is 3.54. The first-order valence-corrected chi connectivity index (χ1v) is 8.11. The van der Waals surface area contributed by atoms with E-state index in [1.807, 2.05) is 31.7 Å². The van der Waals surface area contributed by atoms with Crippen molar-refractivity contribution >= 4 is 29.1 Å². The van der Waals surface area contributed by atoms with E-state index in [4.69, 9.17) is 11.6 Å². The summed E-state index contributed by atoms with van der Waals surface area (Å²) in [6, 6.07) is 5.39. The van der Waals surface area contributed by atoms with E-state index < -0.39 is 0 Å². The summed E-state index contributed by atoms with van der Waals surface area (Å²) < 4.78 is 0. The van der Waals surface area contributed by atoms with Crippen molar-refractivity contribution in [2.45, 2.75) is 40.5 Å². The first-order chi connectivity index (χ1) is 10.4. The van der Waals surface area contributed by atoms with E-state index in [2.05, 4.69) is 0 Å². The Balaban J connectivity index is 2.99. The molecule has 2 amide bonds. The van der Waals surface area contributed by atoms with Crippen LogP contribution in [-0.4, -0.2) is 36.3 Å². The predicted molar refractivity (Wildman–Crippen MR) is 91.4 cm³/mol. The van der Waals surface area contributed by atoms with E-state index in [0.29, 0.717) is 23.8 Å². The number of anilines is 1. The van der Waals surface area contributed by atoms with Crippen LogP contribution in [0.4, 0.5) is 5.69 Å². The van der Waals surface area contributed by atoms with Crippen molar-refractivity contribution in [2.24, 2.45) is 0 Å². The smallest absolute Gasteiger partial charge is 0.242 e. The summed E-state index contributed by atoms with van der Waals surface area (Å²) in [6.07, 6.45) is 1.81. The molecule has 0 spiro atoms. The van der Waals surface area contributed by atoms with Crippen LogP contribution in [0.3, 0.4) is 0 Å². The van der Waals surface area contributed by atoms with Crippen molar-refractivity contribution in [3.8, 4) is 0 Å². The summed E-state index contributed by atoms with van der Waals surface area (Å²) in [7, 11) is 0. The standard InChI is InChI=1S/C17H25ClN2O2/c1-5-10-19(11-6-2)17(22)12-20(14(4)21)16-9-7-8-15(18)13(16)3/h7-9H,5-6,10-12H2,1-4H3. The van der Waals surface area contributed by atoms with Gasteiger partial charge in [0.05, 0.1) is 0 Å². The average molecular weight is 325 g/mol. The van der Waals surface area contributed by atoms with Gasteiger partial charge in [0.1, 0.15) is 6.54 Å². The van der Waals surface area contributed by atoms with Crippen LogP contribution in [0, 0.1) is 6.92 Å². The third-order valence-corrected chi connectivity index (χ3v) is 3.95. The summed E-state index contributed by atoms with van der Waals surface area (Å²) in [5.74, 6) is -0.190. The predicted octanol–water partition coefficient (Wildman–Crippen LogP) is 3.65. The SMILES string of the molecule is CCCN(CCC)C(=O)CN(C(C)=O)c1cccc(Cl)c1C. The minimum atomic E-state index is -0.160. The molecule has 0 aliphatic carbocycles. The molecule has 0 fully saturated rings. The Hall–Kier alpha value is -1.55. The highest BCUT2D eigenvalue weighted by molar-refractivity contribution is 6.31. The Morgan fingerprint density at radius 1 is 1.14 bits per heavy atom. The van der Waals surface area contributed by atoms with Gasteiger partial charge in [-0.05, 0) is 37.5 Å². The molecule has 1 aromatic rings. The van der Waals surface area contributed by atoms with Crippen molar-refractivity contribution < 1.29 is 9.59 Å². The molecule has 0 aliphatic rings. The zero-order chi connectivity index (χ0) is 16.7. The highest BCUT2D eigenvalue weighted by Gasteiger charge is 2.21. The number of rotatable bonds is 7. The van der Waals surface area contributed by atoms with E-state index in [1.165, 1.54) is 11.8 Å². The van der Waals surface area contributed by atoms with E-state index in [0.717, 1.165) is 18.4 Å². The van der Waals surface area contributed by atoms with Gasteiger partial charge in [-0.15, -0.1) is 0 Å². The van der Waals surface area contributed by atoms with Crippen molar-refractivity contribution in [2.75, 3.05) is 24.5 Å². The number of carbonyl (C=O) groups excluding carboxylic acids is 2. The van der Waals surface area contributed by atoms with Crippen molar-refractivity contribution in [3.05, 3.63) is 28.8 Å². The molecular weight excluding hydrogens is 300 g/mol. The molecule has 0 N–H and O–H groups in total. The zero-order valence-electron chi connectivity index (χ0n) is 13.9. The van der Waals surface area contributed by atoms with Gasteiger partial charge in [-0.3, -0.25) is 9.59 Å². The van der Waals surface area contributed by atoms with Gasteiger partial charge in [-0.2, -0.15) is 0 Å². The van der Waals surface area contributed by atoms with Gasteiger partial charge in [0.2, 0.25) is 11.8 Å². The monoisotopic (exact) mass is 324 g/mol. The van der Waals surface area contributed by atoms with E-state index in [9.17, 15) is 9.59 Å². The van der Waals surface area contributed by atoms with Crippen LogP contribution in [0.25, 0.3) is 0 Å². The second-order valence-electron chi connectivity index (χ2n) is 5.37. The second kappa shape index (κ2) is 8.79. The third kappa shape index (κ3) is 4.73. The van der Waals surface area contributed by atoms with Crippen molar-refractivity contribution in [1.82, 2.24) is 4.90 Å². The summed E-state index contributed by atoms with van der Waals surface area (Å²) in [5, 5.41) is 0.593. The summed E-state index contributed by atoms with van der Waals surface area (Å²) >= 11 is 6.13. The van der Waals surface area contributed by atoms with Gasteiger partial charge >= 0.3 is 0 Å². The molecule has 4 nitrogen and oxygen atoms in total. The quantitative estimate of drug-likeness (QED) is 0.768. The van der Waals surface area contributed by atoms with Crippen LogP contribution >= 0.6 is 11.6 Å². The van der Waals surface area contributed by atoms with Crippen LogP contribution in [0.5, 0.6) is 0 Å². The minimum Gasteiger partial charge on any atom is -0.341 e. The first-order valence-electron chi connectivity index (χ1n) is 7.73. The lowest BCUT2D eigenvalue weighted by Crippen LogP contribution is -2.43. The highest BCUT2D eigenvalue weighted by atomic mass is 35.5. The Kier molecular flexibility index (Phi) is 7.39. The average Bonchev–Trinajstić information content (AvgIpc) is 2.47. The molecular formula is C17H25ClN2O2. The lowest BCUT2D eigenvalue weighted by molar-refractivity contribution is -0.131. The lowest BCUT2D eigenvalue weighted by Gasteiger charge is -2.27. The van der Waals surface area contributed by atoms with Gasteiger partial charge in [-0.1, -0.05) is 31.5 Å². The van der Waals surface area contributed by atoms with Gasteiger partial charge in [0, 0.05) is 30.7 Å². The Labute approximate surface area is 138 Å². The summed E-state index contributed by atoms with van der Waals surface area (Å²) in [5.41, 5.74) is 1.51. The Morgan fingerprint density at radius 2 is 1.73 bits per heavy atom. The molecule has 0 saturated carbocycles. The van der Waals surface area contributed by atoms with Crippen LogP contribution in [0.2, 0.25) is 5.02 Å². The topological polar surface area (TPSA) is 40.6 Å². The van der Waals surface area contributed by atoms with E-state index >= 15 is 0 Å². The molecule has 0 aliphatic heterocycles. The number of hydrogen-bond acceptors (Lipinski definition) is 2. The van der Waals surface area contributed by atoms with Crippen LogP contribution in [0.1, 0.15) is 39.2 Å². The molecule has 122 valence electrons. The number of nitrogens with zero attached hydrogens (tertiary/aromatic N) is 2. The zero-order valence-corrected chi connectivity index (χ0v) is 14.6. The summed E-state index contributed by atoms with van der Waals surface area (Å²) in [6.45, 7) is 8.89. The van der Waals surface area contributed by atoms with Gasteiger partial charge in [0.25, 0.3) is 0 Å². The highest BCUT2D eigenvalue weighted by Crippen LogP contribution is 2.26. The molecule has 1 aromatic carbocycles. The summed E-state index contributed by atoms with van der Waals surface area (Å²) in [4.78, 5) is 27.8. The molecule has 1 rings (SSSR count). The number of halogens is 1. The largest absolute Gasteiger partial charge is 0.341 e. The van der Waals surface area contributed by atoms with E-state index in [1.54, 1.807) is 12.1 Å². The molecule has 0 saturated heterocycles. The molecule has 0 heterocycles. The number of amides is 2. The fraction of sp³-hybridized carbons (Fsp3) is 0.529. The van der Waals surface area contributed by atoms with Gasteiger partial charge in [-0.25, -0.2) is 0 Å². The number of benzene rings is 1. The molecule has 0 atom stereocenters. The molecule has 22 heavy (non-hydrogen) atoms. The number of hydrogen-bond donors (Lipinski definition) is 0. The van der Waals surface area contributed by atoms with E-state index in [-0.39, 0.29) is 18.4 Å². The molecule has 0 unspecified atom stereocenters. The Bertz CT molecular complexity index is 525. The Morgan fingerprint density at radius 3 is 2.23 bits per heavy atom. The molecule has 0 radical (unpaired) electrons. The second-order valence-corrected chi connectivity index (χ2v) is 5.78. The van der Waals surface area contributed by atoms with Gasteiger partial charge < -0.3 is 9.80 Å². The van der Waals surface area contributed by atoms with Crippen LogP contribution in [-0.2, 0) is 9.59 Å². The molecule has 5 heteroatoms. The van der Waals surface area contributed by atoms with Crippen molar-refractivity contribution in [3.63, 3.8) is 0 Å². The fourth-order valence-electron chi connectivity index (χ4n) is 2.39. The van der Waals surface area contributed by atoms with Gasteiger partial charge in [0.15, 0.2) is 0 Å². The minimum absolute atomic E-state index is 0.0294. The molecule has 0 aromatic heterocycles. The normalized spacial score (nSPS) is 10.4. The maximum Gasteiger partial charge on any atom is 0.242 e. The first kappa shape index (κ1) is 18.5. The lowest BCUT2D eigenvalue weighted by atomic mass is 10.1. The number of carbonyl (C=O) groups is 2. The maximum absolute atomic E-state index is 12.5. The van der Waals surface area contributed by atoms with Crippen molar-refractivity contribution in [1.29, 1.82) is 0 Å². The maximum atomic E-state index is 12.5.